The summed E-state index contributed by atoms with van der Waals surface area (Å²) < 4.78 is 0. The second-order valence-corrected chi connectivity index (χ2v) is 30.6. The van der Waals surface area contributed by atoms with Crippen molar-refractivity contribution in [1.82, 2.24) is 0 Å². The first kappa shape index (κ1) is 68.9. The van der Waals surface area contributed by atoms with Gasteiger partial charge in [-0.05, 0) is 317 Å². The molecule has 22 aromatic carbocycles. The molecule has 116 heavy (non-hydrogen) atoms. The maximum Gasteiger partial charge on any atom is -0.00259 e. The summed E-state index contributed by atoms with van der Waals surface area (Å²) in [7, 11) is 0. The molecule has 0 heterocycles. The van der Waals surface area contributed by atoms with Gasteiger partial charge in [-0.1, -0.05) is 364 Å². The zero-order valence-electron chi connectivity index (χ0n) is 63.9. The van der Waals surface area contributed by atoms with E-state index in [1.54, 1.807) is 0 Å². The molecule has 0 aliphatic heterocycles. The van der Waals surface area contributed by atoms with Gasteiger partial charge in [0.2, 0.25) is 0 Å². The Morgan fingerprint density at radius 3 is 0.414 bits per heavy atom. The fourth-order valence-electron chi connectivity index (χ4n) is 17.9. The SMILES string of the molecule is c1ccc(-c2cc(-c3ccccc3)cc(-c3c4ccccc4c(-c4cc(-c5ccccc5)cc(-c5ccccc5)c4)c4ccccc34)c2)cc1.c1ccc2cc(-c3cc(-c4ccc5ccccc5c4)cc(-c4c5ccccc5c(-c5cc(-c6ccc7ccccc7c6)cc(-c6ccc7ccccc7c6)c5)c5ccccc45)c3)ccc2c1. The standard InChI is InChI=1S/C66H42.C50H34/c1-5-17-47-33-51(29-25-43(47)13-1)55-37-56(52-30-26-44-14-2-6-18-48(44)34-52)40-59(39-55)65-61-21-9-11-23-63(61)66(64-24-12-10-22-62(64)65)60-41-57(53-31-27-45-15-3-7-19-49(45)35-53)38-58(42-60)54-32-28-46-16-4-8-20-50(46)36-54;1-5-17-35(18-6-1)39-29-40(36-19-7-2-8-20-36)32-43(31-39)49-45-25-13-15-27-47(45)50(48-28-16-14-26-46(48)49)44-33-41(37-21-9-3-10-22-37)30-42(34-44)38-23-11-4-12-24-38/h1-42H;1-34H. The van der Waals surface area contributed by atoms with Gasteiger partial charge in [0, 0.05) is 0 Å². The summed E-state index contributed by atoms with van der Waals surface area (Å²) in [6, 6.07) is 170. The third-order valence-corrected chi connectivity index (χ3v) is 23.5. The Labute approximate surface area is 676 Å². The van der Waals surface area contributed by atoms with Crippen LogP contribution in [0.2, 0.25) is 0 Å². The van der Waals surface area contributed by atoms with Gasteiger partial charge in [0.1, 0.15) is 0 Å². The molecule has 0 atom stereocenters. The van der Waals surface area contributed by atoms with Gasteiger partial charge < -0.3 is 0 Å². The van der Waals surface area contributed by atoms with Crippen molar-refractivity contribution in [3.63, 3.8) is 0 Å². The summed E-state index contributed by atoms with van der Waals surface area (Å²) in [5, 5.41) is 19.8. The van der Waals surface area contributed by atoms with Crippen LogP contribution in [0.4, 0.5) is 0 Å². The van der Waals surface area contributed by atoms with Crippen molar-refractivity contribution in [2.75, 3.05) is 0 Å². The molecule has 0 fully saturated rings. The number of benzene rings is 22. The fraction of sp³-hybridized carbons (Fsp3) is 0. The number of fused-ring (bicyclic) bond motifs is 8. The molecular formula is C116H76. The molecule has 0 aliphatic rings. The zero-order chi connectivity index (χ0) is 76.8. The molecule has 0 radical (unpaired) electrons. The summed E-state index contributed by atoms with van der Waals surface area (Å²) in [6.07, 6.45) is 0. The van der Waals surface area contributed by atoms with Crippen LogP contribution >= 0.6 is 0 Å². The summed E-state index contributed by atoms with van der Waals surface area (Å²) in [4.78, 5) is 0. The molecule has 0 aliphatic carbocycles. The Kier molecular flexibility index (Phi) is 17.7. The molecule has 0 unspecified atom stereocenters. The molecule has 540 valence electrons. The van der Waals surface area contributed by atoms with Gasteiger partial charge in [0.25, 0.3) is 0 Å². The van der Waals surface area contributed by atoms with Gasteiger partial charge in [-0.2, -0.15) is 0 Å². The van der Waals surface area contributed by atoms with E-state index in [-0.39, 0.29) is 0 Å². The Morgan fingerprint density at radius 1 is 0.0776 bits per heavy atom. The molecule has 0 heteroatoms. The third-order valence-electron chi connectivity index (χ3n) is 23.5. The minimum absolute atomic E-state index is 1.20. The van der Waals surface area contributed by atoms with Crippen LogP contribution in [0.15, 0.2) is 461 Å². The van der Waals surface area contributed by atoms with Crippen LogP contribution < -0.4 is 0 Å². The van der Waals surface area contributed by atoms with Gasteiger partial charge >= 0.3 is 0 Å². The van der Waals surface area contributed by atoms with E-state index in [9.17, 15) is 0 Å². The molecule has 0 bridgehead atoms. The van der Waals surface area contributed by atoms with Crippen LogP contribution in [-0.2, 0) is 0 Å². The predicted molar refractivity (Wildman–Crippen MR) is 498 cm³/mol. The lowest BCUT2D eigenvalue weighted by molar-refractivity contribution is 1.57. The normalized spacial score (nSPS) is 11.4. The van der Waals surface area contributed by atoms with Crippen molar-refractivity contribution in [2.24, 2.45) is 0 Å². The minimum Gasteiger partial charge on any atom is -0.0622 e. The largest absolute Gasteiger partial charge is 0.0622 e. The molecule has 22 aromatic rings. The average molecular weight is 1470 g/mol. The monoisotopic (exact) mass is 1470 g/mol. The topological polar surface area (TPSA) is 0 Å². The second-order valence-electron chi connectivity index (χ2n) is 30.6. The molecule has 0 spiro atoms. The lowest BCUT2D eigenvalue weighted by Gasteiger charge is -2.20. The van der Waals surface area contributed by atoms with E-state index >= 15 is 0 Å². The van der Waals surface area contributed by atoms with Gasteiger partial charge in [-0.15, -0.1) is 0 Å². The van der Waals surface area contributed by atoms with Gasteiger partial charge in [-0.25, -0.2) is 0 Å². The average Bonchev–Trinajstić information content (AvgIpc) is 0.732. The predicted octanol–water partition coefficient (Wildman–Crippen LogP) is 32.6. The Bertz CT molecular complexity index is 6670. The van der Waals surface area contributed by atoms with Crippen LogP contribution in [-0.4, -0.2) is 0 Å². The zero-order valence-corrected chi connectivity index (χ0v) is 63.9. The third kappa shape index (κ3) is 13.1. The Hall–Kier alpha value is -15.1. The number of hydrogen-bond acceptors (Lipinski definition) is 0. The summed E-state index contributed by atoms with van der Waals surface area (Å²) in [5.74, 6) is 0. The van der Waals surface area contributed by atoms with Crippen molar-refractivity contribution in [3.05, 3.63) is 461 Å². The fourth-order valence-corrected chi connectivity index (χ4v) is 17.9. The Balaban J connectivity index is 0.000000151. The molecule has 0 amide bonds. The van der Waals surface area contributed by atoms with Crippen LogP contribution in [0, 0.1) is 0 Å². The Morgan fingerprint density at radius 2 is 0.224 bits per heavy atom. The van der Waals surface area contributed by atoms with Crippen molar-refractivity contribution in [2.45, 2.75) is 0 Å². The summed E-state index contributed by atoms with van der Waals surface area (Å²) >= 11 is 0. The van der Waals surface area contributed by atoms with E-state index < -0.39 is 0 Å². The maximum absolute atomic E-state index is 2.42. The smallest absolute Gasteiger partial charge is 0.00259 e. The maximum atomic E-state index is 2.42. The highest BCUT2D eigenvalue weighted by Gasteiger charge is 2.23. The van der Waals surface area contributed by atoms with E-state index in [1.165, 1.54) is 220 Å². The van der Waals surface area contributed by atoms with Gasteiger partial charge in [-0.3, -0.25) is 0 Å². The lowest BCUT2D eigenvalue weighted by atomic mass is 9.83. The summed E-state index contributed by atoms with van der Waals surface area (Å²) in [6.45, 7) is 0. The molecule has 22 rings (SSSR count). The highest BCUT2D eigenvalue weighted by molar-refractivity contribution is 6.24. The van der Waals surface area contributed by atoms with E-state index in [2.05, 4.69) is 461 Å². The van der Waals surface area contributed by atoms with Crippen LogP contribution in [0.3, 0.4) is 0 Å². The molecule has 0 saturated carbocycles. The van der Waals surface area contributed by atoms with Crippen LogP contribution in [0.1, 0.15) is 0 Å². The van der Waals surface area contributed by atoms with Crippen molar-refractivity contribution in [3.8, 4) is 134 Å². The van der Waals surface area contributed by atoms with Crippen LogP contribution in [0.25, 0.3) is 220 Å². The number of hydrogen-bond donors (Lipinski definition) is 0. The van der Waals surface area contributed by atoms with E-state index in [1.807, 2.05) is 0 Å². The van der Waals surface area contributed by atoms with E-state index in [0.717, 1.165) is 0 Å². The minimum atomic E-state index is 1.20. The number of rotatable bonds is 12. The molecule has 0 N–H and O–H groups in total. The van der Waals surface area contributed by atoms with E-state index in [4.69, 9.17) is 0 Å². The van der Waals surface area contributed by atoms with Gasteiger partial charge in [0.15, 0.2) is 0 Å². The highest BCUT2D eigenvalue weighted by atomic mass is 14.3. The molecule has 0 aromatic heterocycles. The first-order valence-corrected chi connectivity index (χ1v) is 40.1. The van der Waals surface area contributed by atoms with Crippen LogP contribution in [0.5, 0.6) is 0 Å². The van der Waals surface area contributed by atoms with Crippen molar-refractivity contribution in [1.29, 1.82) is 0 Å². The highest BCUT2D eigenvalue weighted by Crippen LogP contribution is 2.50. The molecular weight excluding hydrogens is 1390 g/mol. The molecule has 0 nitrogen and oxygen atoms in total. The van der Waals surface area contributed by atoms with Crippen molar-refractivity contribution >= 4 is 86.2 Å². The first-order chi connectivity index (χ1) is 57.5. The summed E-state index contributed by atoms with van der Waals surface area (Å²) in [5.41, 5.74) is 29.1. The second kappa shape index (κ2) is 29.9. The quantitative estimate of drug-likeness (QED) is 0.107. The van der Waals surface area contributed by atoms with E-state index in [0.29, 0.717) is 0 Å². The molecule has 0 saturated heterocycles. The van der Waals surface area contributed by atoms with Crippen molar-refractivity contribution < 1.29 is 0 Å². The first-order valence-electron chi connectivity index (χ1n) is 40.1. The van der Waals surface area contributed by atoms with Gasteiger partial charge in [0.05, 0.1) is 0 Å². The lowest BCUT2D eigenvalue weighted by Crippen LogP contribution is -1.93.